The number of aliphatic hydroxyl groups excluding tert-OH is 1. The summed E-state index contributed by atoms with van der Waals surface area (Å²) in [5.41, 5.74) is 4.39. The quantitative estimate of drug-likeness (QED) is 0.786. The Labute approximate surface area is 112 Å². The zero-order valence-corrected chi connectivity index (χ0v) is 10.9. The van der Waals surface area contributed by atoms with Crippen LogP contribution < -0.4 is 10.2 Å². The summed E-state index contributed by atoms with van der Waals surface area (Å²) in [5, 5.41) is 12.8. The Bertz CT molecular complexity index is 468. The Hall–Kier alpha value is -1.88. The Morgan fingerprint density at radius 1 is 1.42 bits per heavy atom. The molecule has 1 amide bonds. The van der Waals surface area contributed by atoms with E-state index >= 15 is 0 Å². The number of hydrazone groups is 1. The van der Waals surface area contributed by atoms with Gasteiger partial charge in [0.1, 0.15) is 5.75 Å². The lowest BCUT2D eigenvalue weighted by atomic mass is 9.94. The highest BCUT2D eigenvalue weighted by atomic mass is 16.5. The van der Waals surface area contributed by atoms with Crippen LogP contribution in [-0.2, 0) is 4.79 Å². The summed E-state index contributed by atoms with van der Waals surface area (Å²) in [6.07, 6.45) is 1.09. The third kappa shape index (κ3) is 3.54. The molecule has 2 rings (SSSR count). The SMILES string of the molecule is CC1CC(=O)NN=C1c1ccc(OCCCO)cc1. The van der Waals surface area contributed by atoms with Gasteiger partial charge in [0.25, 0.3) is 0 Å². The van der Waals surface area contributed by atoms with E-state index in [4.69, 9.17) is 9.84 Å². The maximum absolute atomic E-state index is 11.2. The fourth-order valence-electron chi connectivity index (χ4n) is 1.98. The molecule has 5 nitrogen and oxygen atoms in total. The van der Waals surface area contributed by atoms with Crippen molar-refractivity contribution in [3.63, 3.8) is 0 Å². The van der Waals surface area contributed by atoms with Gasteiger partial charge in [-0.25, -0.2) is 5.43 Å². The molecule has 0 bridgehead atoms. The molecular formula is C14H18N2O3. The predicted molar refractivity (Wildman–Crippen MR) is 72.1 cm³/mol. The van der Waals surface area contributed by atoms with Gasteiger partial charge in [-0.15, -0.1) is 0 Å². The van der Waals surface area contributed by atoms with E-state index in [1.807, 2.05) is 31.2 Å². The van der Waals surface area contributed by atoms with Crippen molar-refractivity contribution in [3.8, 4) is 5.75 Å². The third-order valence-corrected chi connectivity index (χ3v) is 2.98. The maximum atomic E-state index is 11.2. The largest absolute Gasteiger partial charge is 0.494 e. The first kappa shape index (κ1) is 13.5. The predicted octanol–water partition coefficient (Wildman–Crippen LogP) is 1.31. The Morgan fingerprint density at radius 2 is 2.16 bits per heavy atom. The molecule has 0 radical (unpaired) electrons. The van der Waals surface area contributed by atoms with E-state index in [-0.39, 0.29) is 18.4 Å². The summed E-state index contributed by atoms with van der Waals surface area (Å²) in [5.74, 6) is 0.848. The van der Waals surface area contributed by atoms with Gasteiger partial charge in [-0.05, 0) is 29.8 Å². The number of ether oxygens (including phenoxy) is 1. The molecule has 1 aromatic carbocycles. The molecule has 5 heteroatoms. The average molecular weight is 262 g/mol. The van der Waals surface area contributed by atoms with Gasteiger partial charge in [0, 0.05) is 25.4 Å². The van der Waals surface area contributed by atoms with Gasteiger partial charge in [0.2, 0.25) is 5.91 Å². The standard InChI is InChI=1S/C14H18N2O3/c1-10-9-13(18)15-16-14(10)11-3-5-12(6-4-11)19-8-2-7-17/h3-6,10,17H,2,7-9H2,1H3,(H,15,18). The van der Waals surface area contributed by atoms with E-state index in [2.05, 4.69) is 10.5 Å². The van der Waals surface area contributed by atoms with Crippen LogP contribution in [-0.4, -0.2) is 29.9 Å². The summed E-state index contributed by atoms with van der Waals surface area (Å²) in [6.45, 7) is 2.62. The van der Waals surface area contributed by atoms with Crippen molar-refractivity contribution in [1.29, 1.82) is 0 Å². The lowest BCUT2D eigenvalue weighted by Crippen LogP contribution is -2.31. The highest BCUT2D eigenvalue weighted by molar-refractivity contribution is 6.05. The molecule has 1 aliphatic rings. The number of rotatable bonds is 5. The summed E-state index contributed by atoms with van der Waals surface area (Å²) in [4.78, 5) is 11.2. The van der Waals surface area contributed by atoms with Crippen molar-refractivity contribution < 1.29 is 14.6 Å². The Kier molecular flexibility index (Phi) is 4.52. The number of carbonyl (C=O) groups excluding carboxylic acids is 1. The van der Waals surface area contributed by atoms with Crippen LogP contribution in [0.4, 0.5) is 0 Å². The normalized spacial score (nSPS) is 18.7. The molecule has 1 aliphatic heterocycles. The molecule has 1 heterocycles. The molecule has 2 N–H and O–H groups in total. The molecule has 102 valence electrons. The van der Waals surface area contributed by atoms with Crippen LogP contribution in [0.25, 0.3) is 0 Å². The van der Waals surface area contributed by atoms with Gasteiger partial charge in [-0.3, -0.25) is 4.79 Å². The van der Waals surface area contributed by atoms with Gasteiger partial charge in [0.15, 0.2) is 0 Å². The number of nitrogens with one attached hydrogen (secondary N) is 1. The van der Waals surface area contributed by atoms with E-state index < -0.39 is 0 Å². The summed E-state index contributed by atoms with van der Waals surface area (Å²) in [7, 11) is 0. The fraction of sp³-hybridized carbons (Fsp3) is 0.429. The van der Waals surface area contributed by atoms with Gasteiger partial charge >= 0.3 is 0 Å². The molecular weight excluding hydrogens is 244 g/mol. The maximum Gasteiger partial charge on any atom is 0.240 e. The van der Waals surface area contributed by atoms with Crippen LogP contribution in [0.1, 0.15) is 25.3 Å². The zero-order valence-electron chi connectivity index (χ0n) is 10.9. The topological polar surface area (TPSA) is 70.9 Å². The number of benzene rings is 1. The minimum Gasteiger partial charge on any atom is -0.494 e. The van der Waals surface area contributed by atoms with Crippen molar-refractivity contribution in [2.45, 2.75) is 19.8 Å². The van der Waals surface area contributed by atoms with Gasteiger partial charge in [-0.1, -0.05) is 6.92 Å². The lowest BCUT2D eigenvalue weighted by molar-refractivity contribution is -0.121. The monoisotopic (exact) mass is 262 g/mol. The fourth-order valence-corrected chi connectivity index (χ4v) is 1.98. The molecule has 0 spiro atoms. The minimum absolute atomic E-state index is 0.0415. The summed E-state index contributed by atoms with van der Waals surface area (Å²) in [6, 6.07) is 7.61. The van der Waals surface area contributed by atoms with Crippen molar-refractivity contribution >= 4 is 11.6 Å². The van der Waals surface area contributed by atoms with Gasteiger partial charge < -0.3 is 9.84 Å². The second kappa shape index (κ2) is 6.33. The molecule has 0 saturated carbocycles. The van der Waals surface area contributed by atoms with Crippen LogP contribution in [0.3, 0.4) is 0 Å². The number of aliphatic hydroxyl groups is 1. The average Bonchev–Trinajstić information content (AvgIpc) is 2.40. The second-order valence-corrected chi connectivity index (χ2v) is 4.59. The molecule has 0 aromatic heterocycles. The third-order valence-electron chi connectivity index (χ3n) is 2.98. The van der Waals surface area contributed by atoms with Crippen LogP contribution in [0.5, 0.6) is 5.75 Å². The minimum atomic E-state index is -0.0415. The smallest absolute Gasteiger partial charge is 0.240 e. The molecule has 0 fully saturated rings. The first-order valence-electron chi connectivity index (χ1n) is 6.41. The van der Waals surface area contributed by atoms with Crippen LogP contribution in [0, 0.1) is 5.92 Å². The lowest BCUT2D eigenvalue weighted by Gasteiger charge is -2.19. The van der Waals surface area contributed by atoms with Crippen LogP contribution in [0.2, 0.25) is 0 Å². The van der Waals surface area contributed by atoms with Crippen molar-refractivity contribution in [3.05, 3.63) is 29.8 Å². The van der Waals surface area contributed by atoms with Gasteiger partial charge in [-0.2, -0.15) is 5.10 Å². The Morgan fingerprint density at radius 3 is 2.79 bits per heavy atom. The number of hydrogen-bond donors (Lipinski definition) is 2. The molecule has 19 heavy (non-hydrogen) atoms. The van der Waals surface area contributed by atoms with Crippen molar-refractivity contribution in [1.82, 2.24) is 5.43 Å². The van der Waals surface area contributed by atoms with E-state index in [1.54, 1.807) is 0 Å². The first-order valence-corrected chi connectivity index (χ1v) is 6.41. The number of amides is 1. The van der Waals surface area contributed by atoms with Crippen molar-refractivity contribution in [2.75, 3.05) is 13.2 Å². The van der Waals surface area contributed by atoms with Crippen molar-refractivity contribution in [2.24, 2.45) is 11.0 Å². The molecule has 1 aromatic rings. The number of carbonyl (C=O) groups is 1. The number of nitrogens with zero attached hydrogens (tertiary/aromatic N) is 1. The number of hydrogen-bond acceptors (Lipinski definition) is 4. The van der Waals surface area contributed by atoms with Crippen LogP contribution >= 0.6 is 0 Å². The zero-order chi connectivity index (χ0) is 13.7. The van der Waals surface area contributed by atoms with E-state index in [0.717, 1.165) is 17.0 Å². The van der Waals surface area contributed by atoms with Gasteiger partial charge in [0.05, 0.1) is 12.3 Å². The molecule has 0 aliphatic carbocycles. The highest BCUT2D eigenvalue weighted by Crippen LogP contribution is 2.19. The van der Waals surface area contributed by atoms with E-state index in [9.17, 15) is 4.79 Å². The van der Waals surface area contributed by atoms with E-state index in [1.165, 1.54) is 0 Å². The highest BCUT2D eigenvalue weighted by Gasteiger charge is 2.21. The van der Waals surface area contributed by atoms with Crippen LogP contribution in [0.15, 0.2) is 29.4 Å². The molecule has 1 atom stereocenters. The Balaban J connectivity index is 2.04. The molecule has 1 unspecified atom stereocenters. The summed E-state index contributed by atoms with van der Waals surface area (Å²) < 4.78 is 5.46. The second-order valence-electron chi connectivity index (χ2n) is 4.59. The first-order chi connectivity index (χ1) is 9.20. The van der Waals surface area contributed by atoms with E-state index in [0.29, 0.717) is 19.4 Å². The summed E-state index contributed by atoms with van der Waals surface area (Å²) >= 11 is 0. The molecule has 0 saturated heterocycles.